The van der Waals surface area contributed by atoms with Crippen LogP contribution in [-0.4, -0.2) is 46.7 Å². The van der Waals surface area contributed by atoms with E-state index < -0.39 is 17.7 Å². The standard InChI is InChI=1S/C22H32N2O4/c1-21(2,3)16-8-10-18(11-9-16)28-15-17(25)14-24-19(26)22(23-20(24)27)12-6-4-5-7-13-22/h8-11,17,25H,4-7,12-15H2,1-3H3,(H,23,27). The third-order valence-corrected chi connectivity index (χ3v) is 5.76. The third kappa shape index (κ3) is 4.49. The van der Waals surface area contributed by atoms with Crippen molar-refractivity contribution in [3.63, 3.8) is 0 Å². The van der Waals surface area contributed by atoms with Crippen molar-refractivity contribution in [3.05, 3.63) is 29.8 Å². The van der Waals surface area contributed by atoms with Crippen molar-refractivity contribution in [2.75, 3.05) is 13.2 Å². The van der Waals surface area contributed by atoms with Crippen LogP contribution < -0.4 is 10.1 Å². The van der Waals surface area contributed by atoms with Gasteiger partial charge in [-0.2, -0.15) is 0 Å². The Balaban J connectivity index is 1.55. The quantitative estimate of drug-likeness (QED) is 0.758. The highest BCUT2D eigenvalue weighted by Gasteiger charge is 2.50. The van der Waals surface area contributed by atoms with Crippen LogP contribution in [0.3, 0.4) is 0 Å². The summed E-state index contributed by atoms with van der Waals surface area (Å²) < 4.78 is 5.65. The topological polar surface area (TPSA) is 78.9 Å². The molecule has 1 unspecified atom stereocenters. The number of carbonyl (C=O) groups excluding carboxylic acids is 2. The van der Waals surface area contributed by atoms with Gasteiger partial charge in [-0.3, -0.25) is 9.69 Å². The minimum absolute atomic E-state index is 0.0267. The van der Waals surface area contributed by atoms with Gasteiger partial charge in [-0.25, -0.2) is 4.79 Å². The van der Waals surface area contributed by atoms with Crippen molar-refractivity contribution in [2.45, 2.75) is 76.4 Å². The Morgan fingerprint density at radius 3 is 2.29 bits per heavy atom. The summed E-state index contributed by atoms with van der Waals surface area (Å²) >= 11 is 0. The van der Waals surface area contributed by atoms with Gasteiger partial charge in [0.15, 0.2) is 0 Å². The van der Waals surface area contributed by atoms with Gasteiger partial charge in [0.25, 0.3) is 5.91 Å². The molecule has 2 aliphatic rings. The number of nitrogens with zero attached hydrogens (tertiary/aromatic N) is 1. The number of hydrogen-bond acceptors (Lipinski definition) is 4. The molecule has 1 atom stereocenters. The van der Waals surface area contributed by atoms with E-state index in [2.05, 4.69) is 26.1 Å². The van der Waals surface area contributed by atoms with E-state index >= 15 is 0 Å². The van der Waals surface area contributed by atoms with Gasteiger partial charge >= 0.3 is 6.03 Å². The number of ether oxygens (including phenoxy) is 1. The molecule has 1 heterocycles. The molecular formula is C22H32N2O4. The van der Waals surface area contributed by atoms with Gasteiger partial charge in [0, 0.05) is 0 Å². The van der Waals surface area contributed by atoms with Gasteiger partial charge in [0.2, 0.25) is 0 Å². The number of aliphatic hydroxyl groups excluding tert-OH is 1. The Kier molecular flexibility index (Phi) is 5.98. The van der Waals surface area contributed by atoms with Crippen LogP contribution in [0.1, 0.15) is 64.9 Å². The Bertz CT molecular complexity index is 700. The first-order chi connectivity index (χ1) is 13.2. The largest absolute Gasteiger partial charge is 0.491 e. The number of aliphatic hydroxyl groups is 1. The summed E-state index contributed by atoms with van der Waals surface area (Å²) in [5, 5.41) is 13.2. The number of benzene rings is 1. The van der Waals surface area contributed by atoms with Crippen LogP contribution in [0.4, 0.5) is 4.79 Å². The molecular weight excluding hydrogens is 356 g/mol. The number of nitrogens with one attached hydrogen (secondary N) is 1. The third-order valence-electron chi connectivity index (χ3n) is 5.76. The molecule has 28 heavy (non-hydrogen) atoms. The zero-order valence-electron chi connectivity index (χ0n) is 17.2. The molecule has 1 aromatic carbocycles. The zero-order chi connectivity index (χ0) is 20.4. The predicted molar refractivity (Wildman–Crippen MR) is 107 cm³/mol. The van der Waals surface area contributed by atoms with Crippen molar-refractivity contribution in [3.8, 4) is 5.75 Å². The monoisotopic (exact) mass is 388 g/mol. The summed E-state index contributed by atoms with van der Waals surface area (Å²) in [6, 6.07) is 7.37. The molecule has 2 N–H and O–H groups in total. The minimum atomic E-state index is -0.932. The molecule has 2 fully saturated rings. The summed E-state index contributed by atoms with van der Waals surface area (Å²) in [4.78, 5) is 26.4. The summed E-state index contributed by atoms with van der Waals surface area (Å²) in [7, 11) is 0. The van der Waals surface area contributed by atoms with Crippen LogP contribution in [0.15, 0.2) is 24.3 Å². The maximum absolute atomic E-state index is 12.9. The van der Waals surface area contributed by atoms with Crippen LogP contribution >= 0.6 is 0 Å². The Morgan fingerprint density at radius 1 is 1.11 bits per heavy atom. The summed E-state index contributed by atoms with van der Waals surface area (Å²) in [6.07, 6.45) is 4.50. The normalized spacial score (nSPS) is 20.8. The molecule has 1 saturated heterocycles. The Labute approximate surface area is 167 Å². The maximum atomic E-state index is 12.9. The molecule has 0 bridgehead atoms. The highest BCUT2D eigenvalue weighted by molar-refractivity contribution is 6.07. The summed E-state index contributed by atoms with van der Waals surface area (Å²) in [5.74, 6) is 0.456. The minimum Gasteiger partial charge on any atom is -0.491 e. The lowest BCUT2D eigenvalue weighted by molar-refractivity contribution is -0.132. The molecule has 154 valence electrons. The van der Waals surface area contributed by atoms with E-state index in [4.69, 9.17) is 4.74 Å². The molecule has 1 aromatic rings. The van der Waals surface area contributed by atoms with E-state index in [0.29, 0.717) is 18.6 Å². The van der Waals surface area contributed by atoms with Gasteiger partial charge in [0.1, 0.15) is 24.0 Å². The lowest BCUT2D eigenvalue weighted by Crippen LogP contribution is -2.47. The molecule has 1 aliphatic heterocycles. The molecule has 1 saturated carbocycles. The van der Waals surface area contributed by atoms with Gasteiger partial charge in [-0.1, -0.05) is 58.6 Å². The van der Waals surface area contributed by atoms with Crippen molar-refractivity contribution in [1.82, 2.24) is 10.2 Å². The second kappa shape index (κ2) is 8.11. The second-order valence-electron chi connectivity index (χ2n) is 9.08. The van der Waals surface area contributed by atoms with Crippen molar-refractivity contribution < 1.29 is 19.4 Å². The molecule has 6 heteroatoms. The Hall–Kier alpha value is -2.08. The lowest BCUT2D eigenvalue weighted by atomic mass is 9.87. The first kappa shape index (κ1) is 20.6. The van der Waals surface area contributed by atoms with Gasteiger partial charge in [-0.15, -0.1) is 0 Å². The molecule has 1 aliphatic carbocycles. The van der Waals surface area contributed by atoms with Crippen LogP contribution in [0, 0.1) is 0 Å². The number of hydrogen-bond donors (Lipinski definition) is 2. The van der Waals surface area contributed by atoms with E-state index in [-0.39, 0.29) is 24.5 Å². The number of imide groups is 1. The van der Waals surface area contributed by atoms with E-state index in [1.165, 1.54) is 5.56 Å². The number of urea groups is 1. The molecule has 6 nitrogen and oxygen atoms in total. The fourth-order valence-electron chi connectivity index (χ4n) is 4.02. The van der Waals surface area contributed by atoms with E-state index in [0.717, 1.165) is 30.6 Å². The van der Waals surface area contributed by atoms with Crippen LogP contribution in [0.2, 0.25) is 0 Å². The molecule has 3 amide bonds. The SMILES string of the molecule is CC(C)(C)c1ccc(OCC(O)CN2C(=O)NC3(CCCCCC3)C2=O)cc1. The predicted octanol–water partition coefficient (Wildman–Crippen LogP) is 3.37. The summed E-state index contributed by atoms with van der Waals surface area (Å²) in [6.45, 7) is 6.41. The molecule has 0 radical (unpaired) electrons. The van der Waals surface area contributed by atoms with E-state index in [1.54, 1.807) is 0 Å². The fourth-order valence-corrected chi connectivity index (χ4v) is 4.02. The lowest BCUT2D eigenvalue weighted by Gasteiger charge is -2.25. The van der Waals surface area contributed by atoms with Gasteiger partial charge < -0.3 is 15.2 Å². The van der Waals surface area contributed by atoms with Crippen LogP contribution in [0.5, 0.6) is 5.75 Å². The Morgan fingerprint density at radius 2 is 1.71 bits per heavy atom. The van der Waals surface area contributed by atoms with Gasteiger partial charge in [0.05, 0.1) is 6.54 Å². The second-order valence-corrected chi connectivity index (χ2v) is 9.08. The molecule has 0 aromatic heterocycles. The maximum Gasteiger partial charge on any atom is 0.325 e. The molecule has 3 rings (SSSR count). The van der Waals surface area contributed by atoms with Crippen LogP contribution in [-0.2, 0) is 10.2 Å². The number of β-amino-alcohol motifs (C(OH)–C–C–N with tert-alkyl or cyclic N) is 1. The van der Waals surface area contributed by atoms with Crippen molar-refractivity contribution >= 4 is 11.9 Å². The van der Waals surface area contributed by atoms with Crippen molar-refractivity contribution in [2.24, 2.45) is 0 Å². The van der Waals surface area contributed by atoms with E-state index in [1.807, 2.05) is 24.3 Å². The van der Waals surface area contributed by atoms with E-state index in [9.17, 15) is 14.7 Å². The highest BCUT2D eigenvalue weighted by atomic mass is 16.5. The summed E-state index contributed by atoms with van der Waals surface area (Å²) in [5.41, 5.74) is 0.500. The first-order valence-corrected chi connectivity index (χ1v) is 10.3. The smallest absolute Gasteiger partial charge is 0.325 e. The first-order valence-electron chi connectivity index (χ1n) is 10.3. The highest BCUT2D eigenvalue weighted by Crippen LogP contribution is 2.32. The molecule has 1 spiro atoms. The fraction of sp³-hybridized carbons (Fsp3) is 0.636. The average molecular weight is 389 g/mol. The zero-order valence-corrected chi connectivity index (χ0v) is 17.2. The van der Waals surface area contributed by atoms with Gasteiger partial charge in [-0.05, 0) is 36.0 Å². The number of carbonyl (C=O) groups is 2. The number of rotatable bonds is 5. The average Bonchev–Trinajstić information content (AvgIpc) is 2.82. The number of amides is 3. The van der Waals surface area contributed by atoms with Crippen molar-refractivity contribution in [1.29, 1.82) is 0 Å². The van der Waals surface area contributed by atoms with Crippen LogP contribution in [0.25, 0.3) is 0 Å².